The van der Waals surface area contributed by atoms with Crippen LogP contribution in [0, 0.1) is 6.92 Å². The largest absolute Gasteiger partial charge is 0.321 e. The molecule has 0 unspecified atom stereocenters. The highest BCUT2D eigenvalue weighted by molar-refractivity contribution is 7.89. The molecule has 104 valence electrons. The smallest absolute Gasteiger partial charge is 0.274 e. The van der Waals surface area contributed by atoms with Crippen molar-refractivity contribution in [2.24, 2.45) is 5.14 Å². The molecule has 1 amide bonds. The Morgan fingerprint density at radius 2 is 1.80 bits per heavy atom. The number of primary sulfonamides is 1. The van der Waals surface area contributed by atoms with Gasteiger partial charge in [0, 0.05) is 11.4 Å². The van der Waals surface area contributed by atoms with Crippen molar-refractivity contribution >= 4 is 21.6 Å². The summed E-state index contributed by atoms with van der Waals surface area (Å²) in [4.78, 5) is 16.0. The number of nitrogens with one attached hydrogen (secondary N) is 1. The average molecular weight is 291 g/mol. The molecule has 6 nitrogen and oxygen atoms in total. The summed E-state index contributed by atoms with van der Waals surface area (Å²) >= 11 is 0. The summed E-state index contributed by atoms with van der Waals surface area (Å²) in [5.41, 5.74) is 1.49. The molecule has 0 bridgehead atoms. The van der Waals surface area contributed by atoms with Crippen LogP contribution in [-0.2, 0) is 10.0 Å². The van der Waals surface area contributed by atoms with Crippen LogP contribution in [0.15, 0.2) is 47.4 Å². The van der Waals surface area contributed by atoms with E-state index in [2.05, 4.69) is 10.3 Å². The van der Waals surface area contributed by atoms with E-state index in [0.29, 0.717) is 11.4 Å². The van der Waals surface area contributed by atoms with E-state index in [1.807, 2.05) is 0 Å². The monoisotopic (exact) mass is 291 g/mol. The molecule has 1 aromatic heterocycles. The number of nitrogens with two attached hydrogens (primary N) is 1. The van der Waals surface area contributed by atoms with E-state index in [4.69, 9.17) is 5.14 Å². The lowest BCUT2D eigenvalue weighted by Gasteiger charge is -2.06. The highest BCUT2D eigenvalue weighted by Gasteiger charge is 2.10. The number of benzene rings is 1. The van der Waals surface area contributed by atoms with Crippen LogP contribution in [0.2, 0.25) is 0 Å². The van der Waals surface area contributed by atoms with Gasteiger partial charge in [0.05, 0.1) is 4.90 Å². The van der Waals surface area contributed by atoms with Gasteiger partial charge in [-0.1, -0.05) is 6.07 Å². The fraction of sp³-hybridized carbons (Fsp3) is 0.0769. The van der Waals surface area contributed by atoms with Crippen molar-refractivity contribution in [2.45, 2.75) is 11.8 Å². The van der Waals surface area contributed by atoms with Crippen LogP contribution in [0.1, 0.15) is 16.2 Å². The first-order chi connectivity index (χ1) is 9.36. The summed E-state index contributed by atoms with van der Waals surface area (Å²) in [6.45, 7) is 1.79. The Bertz CT molecular complexity index is 740. The Labute approximate surface area is 116 Å². The number of hydrogen-bond acceptors (Lipinski definition) is 4. The molecule has 0 saturated heterocycles. The minimum Gasteiger partial charge on any atom is -0.321 e. The Hall–Kier alpha value is -2.25. The van der Waals surface area contributed by atoms with Gasteiger partial charge in [-0.3, -0.25) is 4.79 Å². The molecule has 0 aliphatic carbocycles. The molecule has 0 saturated carbocycles. The van der Waals surface area contributed by atoms with Crippen molar-refractivity contribution in [3.63, 3.8) is 0 Å². The lowest BCUT2D eigenvalue weighted by Crippen LogP contribution is -2.15. The summed E-state index contributed by atoms with van der Waals surface area (Å²) in [7, 11) is -3.73. The summed E-state index contributed by atoms with van der Waals surface area (Å²) in [5, 5.41) is 7.62. The van der Waals surface area contributed by atoms with Gasteiger partial charge in [-0.15, -0.1) is 0 Å². The molecule has 1 heterocycles. The van der Waals surface area contributed by atoms with Gasteiger partial charge in [-0.25, -0.2) is 18.5 Å². The molecular weight excluding hydrogens is 278 g/mol. The molecule has 7 heteroatoms. The molecule has 2 rings (SSSR count). The number of carbonyl (C=O) groups excluding carboxylic acids is 1. The number of rotatable bonds is 3. The molecule has 20 heavy (non-hydrogen) atoms. The highest BCUT2D eigenvalue weighted by Crippen LogP contribution is 2.13. The second-order valence-corrected chi connectivity index (χ2v) is 5.75. The Kier molecular flexibility index (Phi) is 3.82. The summed E-state index contributed by atoms with van der Waals surface area (Å²) < 4.78 is 22.2. The maximum absolute atomic E-state index is 11.9. The van der Waals surface area contributed by atoms with Crippen LogP contribution in [0.5, 0.6) is 0 Å². The van der Waals surface area contributed by atoms with Crippen molar-refractivity contribution in [1.29, 1.82) is 0 Å². The van der Waals surface area contributed by atoms with Gasteiger partial charge in [-0.05, 0) is 43.3 Å². The fourth-order valence-corrected chi connectivity index (χ4v) is 2.11. The van der Waals surface area contributed by atoms with Gasteiger partial charge in [0.2, 0.25) is 10.0 Å². The van der Waals surface area contributed by atoms with Crippen LogP contribution in [-0.4, -0.2) is 19.3 Å². The second-order valence-electron chi connectivity index (χ2n) is 4.19. The van der Waals surface area contributed by atoms with Crippen LogP contribution < -0.4 is 10.5 Å². The zero-order chi connectivity index (χ0) is 14.8. The first kappa shape index (κ1) is 14.2. The summed E-state index contributed by atoms with van der Waals surface area (Å²) in [6.07, 6.45) is 0. The predicted molar refractivity (Wildman–Crippen MR) is 74.7 cm³/mol. The molecule has 0 fully saturated rings. The van der Waals surface area contributed by atoms with E-state index < -0.39 is 10.0 Å². The predicted octanol–water partition coefficient (Wildman–Crippen LogP) is 1.29. The van der Waals surface area contributed by atoms with E-state index in [1.165, 1.54) is 24.3 Å². The van der Waals surface area contributed by atoms with Crippen molar-refractivity contribution in [1.82, 2.24) is 4.98 Å². The van der Waals surface area contributed by atoms with Crippen LogP contribution >= 0.6 is 0 Å². The van der Waals surface area contributed by atoms with Crippen molar-refractivity contribution in [3.8, 4) is 0 Å². The van der Waals surface area contributed by atoms with Gasteiger partial charge in [0.15, 0.2) is 0 Å². The topological polar surface area (TPSA) is 102 Å². The zero-order valence-corrected chi connectivity index (χ0v) is 11.5. The number of amides is 1. The maximum Gasteiger partial charge on any atom is 0.274 e. The number of anilines is 1. The molecule has 0 aliphatic heterocycles. The van der Waals surface area contributed by atoms with Gasteiger partial charge < -0.3 is 5.32 Å². The van der Waals surface area contributed by atoms with Crippen molar-refractivity contribution < 1.29 is 13.2 Å². The normalized spacial score (nSPS) is 11.1. The Morgan fingerprint density at radius 3 is 2.35 bits per heavy atom. The third kappa shape index (κ3) is 3.40. The Morgan fingerprint density at radius 1 is 1.15 bits per heavy atom. The average Bonchev–Trinajstić information content (AvgIpc) is 2.38. The number of aryl methyl sites for hydroxylation is 1. The standard InChI is InChI=1S/C13H13N3O3S/c1-9-3-2-4-12(15-9)13(17)16-10-5-7-11(8-6-10)20(14,18)19/h2-8H,1H3,(H,16,17)(H2,14,18,19). The quantitative estimate of drug-likeness (QED) is 0.889. The van der Waals surface area contributed by atoms with Crippen molar-refractivity contribution in [2.75, 3.05) is 5.32 Å². The Balaban J connectivity index is 2.16. The van der Waals surface area contributed by atoms with E-state index >= 15 is 0 Å². The second kappa shape index (κ2) is 5.40. The molecule has 2 aromatic rings. The summed E-state index contributed by atoms with van der Waals surface area (Å²) in [6, 6.07) is 10.7. The van der Waals surface area contributed by atoms with Crippen LogP contribution in [0.4, 0.5) is 5.69 Å². The maximum atomic E-state index is 11.9. The third-order valence-electron chi connectivity index (χ3n) is 2.56. The van der Waals surface area contributed by atoms with E-state index in [9.17, 15) is 13.2 Å². The molecule has 0 radical (unpaired) electrons. The molecule has 0 atom stereocenters. The van der Waals surface area contributed by atoms with E-state index in [1.54, 1.807) is 25.1 Å². The zero-order valence-electron chi connectivity index (χ0n) is 10.7. The summed E-state index contributed by atoms with van der Waals surface area (Å²) in [5.74, 6) is -0.364. The van der Waals surface area contributed by atoms with Gasteiger partial charge in [0.1, 0.15) is 5.69 Å². The number of nitrogens with zero attached hydrogens (tertiary/aromatic N) is 1. The minimum atomic E-state index is -3.73. The molecule has 0 aliphatic rings. The highest BCUT2D eigenvalue weighted by atomic mass is 32.2. The first-order valence-corrected chi connectivity index (χ1v) is 7.29. The fourth-order valence-electron chi connectivity index (χ4n) is 1.59. The number of aromatic nitrogens is 1. The minimum absolute atomic E-state index is 0.0100. The molecule has 0 spiro atoms. The number of carbonyl (C=O) groups is 1. The molecule has 1 aromatic carbocycles. The lowest BCUT2D eigenvalue weighted by molar-refractivity contribution is 0.102. The lowest BCUT2D eigenvalue weighted by atomic mass is 10.2. The van der Waals surface area contributed by atoms with Gasteiger partial charge >= 0.3 is 0 Å². The first-order valence-electron chi connectivity index (χ1n) is 5.74. The van der Waals surface area contributed by atoms with E-state index in [0.717, 1.165) is 5.69 Å². The van der Waals surface area contributed by atoms with Crippen molar-refractivity contribution in [3.05, 3.63) is 53.9 Å². The molecule has 3 N–H and O–H groups in total. The number of sulfonamides is 1. The molecular formula is C13H13N3O3S. The van der Waals surface area contributed by atoms with Gasteiger partial charge in [-0.2, -0.15) is 0 Å². The SMILES string of the molecule is Cc1cccc(C(=O)Nc2ccc(S(N)(=O)=O)cc2)n1. The van der Waals surface area contributed by atoms with Gasteiger partial charge in [0.25, 0.3) is 5.91 Å². The number of hydrogen-bond donors (Lipinski definition) is 2. The number of pyridine rings is 1. The third-order valence-corrected chi connectivity index (χ3v) is 3.49. The van der Waals surface area contributed by atoms with E-state index in [-0.39, 0.29) is 10.8 Å². The van der Waals surface area contributed by atoms with Crippen LogP contribution in [0.3, 0.4) is 0 Å². The van der Waals surface area contributed by atoms with Crippen LogP contribution in [0.25, 0.3) is 0 Å².